The van der Waals surface area contributed by atoms with Gasteiger partial charge in [0.05, 0.1) is 5.02 Å². The molecule has 112 valence electrons. The quantitative estimate of drug-likeness (QED) is 0.323. The second kappa shape index (κ2) is 5.62. The van der Waals surface area contributed by atoms with E-state index in [4.69, 9.17) is 27.9 Å². The fourth-order valence-electron chi connectivity index (χ4n) is 1.69. The van der Waals surface area contributed by atoms with Gasteiger partial charge >= 0.3 is 5.97 Å². The predicted octanol–water partition coefficient (Wildman–Crippen LogP) is 2.00. The summed E-state index contributed by atoms with van der Waals surface area (Å²) in [6.45, 7) is 0. The molecular weight excluding hydrogens is 330 g/mol. The molecule has 1 aromatic carbocycles. The largest absolute Gasteiger partial charge is 0.379 e. The summed E-state index contributed by atoms with van der Waals surface area (Å²) in [5.41, 5.74) is 11.0. The van der Waals surface area contributed by atoms with E-state index in [0.29, 0.717) is 5.02 Å². The Hall–Kier alpha value is -2.65. The number of benzene rings is 1. The highest BCUT2D eigenvalue weighted by molar-refractivity contribution is 7.21. The van der Waals surface area contributed by atoms with Crippen molar-refractivity contribution in [3.63, 3.8) is 0 Å². The number of halogens is 1. The first-order valence-corrected chi connectivity index (χ1v) is 7.07. The molecule has 0 aliphatic rings. The number of fused-ring (bicyclic) bond motifs is 1. The Labute approximate surface area is 132 Å². The molecule has 0 saturated carbocycles. The number of carbonyl (C=O) groups excluding carboxylic acids is 1. The number of aromatic nitrogens is 2. The fourth-order valence-corrected chi connectivity index (χ4v) is 3.07. The third-order valence-electron chi connectivity index (χ3n) is 2.70. The summed E-state index contributed by atoms with van der Waals surface area (Å²) in [4.78, 5) is 17.0. The first kappa shape index (κ1) is 14.3. The smallest absolute Gasteiger partial charge is 0.377 e. The molecule has 2 heterocycles. The molecule has 0 bridgehead atoms. The highest BCUT2D eigenvalue weighted by Crippen LogP contribution is 2.35. The van der Waals surface area contributed by atoms with Crippen LogP contribution in [0.5, 0.6) is 0 Å². The van der Waals surface area contributed by atoms with E-state index in [1.54, 1.807) is 0 Å². The Morgan fingerprint density at radius 3 is 2.82 bits per heavy atom. The molecular formula is C12H8ClN5O3S. The monoisotopic (exact) mass is 337 g/mol. The summed E-state index contributed by atoms with van der Waals surface area (Å²) in [6, 6.07) is 7.33. The number of carbonyl (C=O) groups is 1. The number of nitrogens with zero attached hydrogens (tertiary/aromatic N) is 3. The van der Waals surface area contributed by atoms with E-state index in [0.717, 1.165) is 10.1 Å². The first-order chi connectivity index (χ1) is 10.6. The van der Waals surface area contributed by atoms with Crippen LogP contribution < -0.4 is 11.5 Å². The minimum absolute atomic E-state index is 0.00441. The van der Waals surface area contributed by atoms with Crippen molar-refractivity contribution in [1.82, 2.24) is 10.3 Å². The molecule has 0 amide bonds. The maximum Gasteiger partial charge on any atom is 0.377 e. The molecule has 3 aromatic rings. The standard InChI is InChI=1S/C12H8ClN5O3S/c13-7-5-3-1-2-4-6(5)22-9(7)12(19)20-17-10(14)8-11(15)18-21-16-8/h1-4H,(H2,14,17)(H2,15,18). The number of rotatable bonds is 3. The molecule has 0 aliphatic carbocycles. The average Bonchev–Trinajstić information content (AvgIpc) is 3.09. The van der Waals surface area contributed by atoms with Crippen molar-refractivity contribution in [2.75, 3.05) is 5.73 Å². The van der Waals surface area contributed by atoms with E-state index < -0.39 is 5.97 Å². The lowest BCUT2D eigenvalue weighted by molar-refractivity contribution is 0.0522. The molecule has 0 radical (unpaired) electrons. The topological polar surface area (TPSA) is 130 Å². The van der Waals surface area contributed by atoms with Crippen LogP contribution in [0.15, 0.2) is 34.1 Å². The molecule has 0 fully saturated rings. The van der Waals surface area contributed by atoms with Crippen molar-refractivity contribution >= 4 is 50.6 Å². The van der Waals surface area contributed by atoms with Crippen LogP contribution in [0, 0.1) is 0 Å². The number of anilines is 1. The van der Waals surface area contributed by atoms with Crippen LogP contribution in [0.25, 0.3) is 10.1 Å². The lowest BCUT2D eigenvalue weighted by Crippen LogP contribution is -2.17. The van der Waals surface area contributed by atoms with E-state index in [1.807, 2.05) is 24.3 Å². The van der Waals surface area contributed by atoms with Crippen LogP contribution in [-0.2, 0) is 4.84 Å². The van der Waals surface area contributed by atoms with Crippen LogP contribution in [0.1, 0.15) is 15.4 Å². The first-order valence-electron chi connectivity index (χ1n) is 5.88. The van der Waals surface area contributed by atoms with Crippen molar-refractivity contribution in [3.8, 4) is 0 Å². The average molecular weight is 338 g/mol. The van der Waals surface area contributed by atoms with Gasteiger partial charge in [-0.1, -0.05) is 35.0 Å². The van der Waals surface area contributed by atoms with Gasteiger partial charge in [-0.3, -0.25) is 0 Å². The van der Waals surface area contributed by atoms with Gasteiger partial charge in [-0.25, -0.2) is 9.42 Å². The Bertz CT molecular complexity index is 888. The highest BCUT2D eigenvalue weighted by Gasteiger charge is 2.19. The van der Waals surface area contributed by atoms with Crippen molar-refractivity contribution in [3.05, 3.63) is 39.9 Å². The molecule has 8 nitrogen and oxygen atoms in total. The van der Waals surface area contributed by atoms with Gasteiger partial charge in [0.1, 0.15) is 4.88 Å². The third-order valence-corrected chi connectivity index (χ3v) is 4.36. The van der Waals surface area contributed by atoms with Gasteiger partial charge in [-0.15, -0.1) is 11.3 Å². The molecule has 0 saturated heterocycles. The number of amidine groups is 1. The number of hydrogen-bond donors (Lipinski definition) is 2. The van der Waals surface area contributed by atoms with Gasteiger partial charge in [-0.2, -0.15) is 0 Å². The Morgan fingerprint density at radius 1 is 1.36 bits per heavy atom. The zero-order valence-electron chi connectivity index (χ0n) is 10.8. The number of oxime groups is 1. The highest BCUT2D eigenvalue weighted by atomic mass is 35.5. The molecule has 0 unspecified atom stereocenters. The van der Waals surface area contributed by atoms with Crippen molar-refractivity contribution in [2.24, 2.45) is 10.9 Å². The van der Waals surface area contributed by atoms with Crippen LogP contribution in [0.4, 0.5) is 5.82 Å². The summed E-state index contributed by atoms with van der Waals surface area (Å²) >= 11 is 7.36. The van der Waals surface area contributed by atoms with Gasteiger partial charge in [0.15, 0.2) is 17.3 Å². The second-order valence-electron chi connectivity index (χ2n) is 4.09. The molecule has 3 rings (SSSR count). The molecule has 0 spiro atoms. The maximum atomic E-state index is 12.0. The number of nitrogen functional groups attached to an aromatic ring is 1. The fraction of sp³-hybridized carbons (Fsp3) is 0. The molecule has 2 aromatic heterocycles. The van der Waals surface area contributed by atoms with Crippen LogP contribution >= 0.6 is 22.9 Å². The van der Waals surface area contributed by atoms with E-state index in [-0.39, 0.29) is 22.2 Å². The van der Waals surface area contributed by atoms with Gasteiger partial charge in [0.2, 0.25) is 0 Å². The summed E-state index contributed by atoms with van der Waals surface area (Å²) in [5.74, 6) is -1.02. The molecule has 4 N–H and O–H groups in total. The molecule has 22 heavy (non-hydrogen) atoms. The van der Waals surface area contributed by atoms with Crippen LogP contribution in [0.2, 0.25) is 5.02 Å². The number of hydrogen-bond acceptors (Lipinski definition) is 8. The number of thiophene rings is 1. The summed E-state index contributed by atoms with van der Waals surface area (Å²) in [6.07, 6.45) is 0. The van der Waals surface area contributed by atoms with Crippen LogP contribution in [0.3, 0.4) is 0 Å². The van der Waals surface area contributed by atoms with Gasteiger partial charge in [0.25, 0.3) is 0 Å². The van der Waals surface area contributed by atoms with E-state index in [1.165, 1.54) is 11.3 Å². The third kappa shape index (κ3) is 2.47. The SMILES string of the molecule is N/C(=N\OC(=O)c1sc2ccccc2c1Cl)c1nonc1N. The van der Waals surface area contributed by atoms with Gasteiger partial charge < -0.3 is 16.3 Å². The Morgan fingerprint density at radius 2 is 2.14 bits per heavy atom. The van der Waals surface area contributed by atoms with Gasteiger partial charge in [-0.05, 0) is 16.4 Å². The van der Waals surface area contributed by atoms with Crippen molar-refractivity contribution in [2.45, 2.75) is 0 Å². The zero-order valence-corrected chi connectivity index (χ0v) is 12.4. The molecule has 10 heteroatoms. The molecule has 0 atom stereocenters. The van der Waals surface area contributed by atoms with Crippen LogP contribution in [-0.4, -0.2) is 22.1 Å². The normalized spacial score (nSPS) is 11.8. The number of nitrogens with two attached hydrogens (primary N) is 2. The Balaban J connectivity index is 1.85. The summed E-state index contributed by atoms with van der Waals surface area (Å²) in [5, 5.41) is 11.3. The van der Waals surface area contributed by atoms with Gasteiger partial charge in [0, 0.05) is 10.1 Å². The van der Waals surface area contributed by atoms with E-state index in [9.17, 15) is 4.79 Å². The minimum atomic E-state index is -0.732. The zero-order chi connectivity index (χ0) is 15.7. The van der Waals surface area contributed by atoms with Crippen molar-refractivity contribution < 1.29 is 14.3 Å². The summed E-state index contributed by atoms with van der Waals surface area (Å²) in [7, 11) is 0. The predicted molar refractivity (Wildman–Crippen MR) is 81.7 cm³/mol. The van der Waals surface area contributed by atoms with E-state index in [2.05, 4.69) is 20.1 Å². The van der Waals surface area contributed by atoms with E-state index >= 15 is 0 Å². The lowest BCUT2D eigenvalue weighted by Gasteiger charge is -1.97. The minimum Gasteiger partial charge on any atom is -0.379 e. The van der Waals surface area contributed by atoms with Crippen molar-refractivity contribution in [1.29, 1.82) is 0 Å². The second-order valence-corrected chi connectivity index (χ2v) is 5.52. The Kier molecular flexibility index (Phi) is 3.65. The lowest BCUT2D eigenvalue weighted by atomic mass is 10.2. The maximum absolute atomic E-state index is 12.0. The molecule has 0 aliphatic heterocycles. The summed E-state index contributed by atoms with van der Waals surface area (Å²) < 4.78 is 5.23.